The molecular weight excluding hydrogens is 259 g/mol. The van der Waals surface area contributed by atoms with E-state index in [2.05, 4.69) is 9.97 Å². The summed E-state index contributed by atoms with van der Waals surface area (Å²) in [5.41, 5.74) is 3.31. The molecule has 0 amide bonds. The van der Waals surface area contributed by atoms with Crippen LogP contribution in [0.2, 0.25) is 0 Å². The molecular formula is C15H11FN2S. The van der Waals surface area contributed by atoms with Crippen molar-refractivity contribution in [2.45, 2.75) is 6.92 Å². The highest BCUT2D eigenvalue weighted by Crippen LogP contribution is 2.31. The maximum Gasteiger partial charge on any atom is 0.132 e. The zero-order valence-electron chi connectivity index (χ0n) is 10.3. The normalized spacial score (nSPS) is 10.6. The van der Waals surface area contributed by atoms with Crippen molar-refractivity contribution in [1.29, 1.82) is 0 Å². The molecule has 2 heterocycles. The lowest BCUT2D eigenvalue weighted by Gasteiger charge is -2.00. The Kier molecular flexibility index (Phi) is 3.09. The van der Waals surface area contributed by atoms with Crippen LogP contribution in [0.5, 0.6) is 0 Å². The molecule has 0 saturated carbocycles. The van der Waals surface area contributed by atoms with E-state index < -0.39 is 0 Å². The topological polar surface area (TPSA) is 25.8 Å². The summed E-state index contributed by atoms with van der Waals surface area (Å²) in [6.07, 6.45) is 3.55. The van der Waals surface area contributed by atoms with Crippen LogP contribution in [0.3, 0.4) is 0 Å². The van der Waals surface area contributed by atoms with Gasteiger partial charge in [0.05, 0.1) is 5.69 Å². The monoisotopic (exact) mass is 270 g/mol. The molecule has 0 aliphatic heterocycles. The minimum absolute atomic E-state index is 0.248. The molecule has 2 nitrogen and oxygen atoms in total. The molecule has 0 saturated heterocycles. The second kappa shape index (κ2) is 4.90. The number of halogens is 1. The number of thiazole rings is 1. The highest BCUT2D eigenvalue weighted by Gasteiger charge is 2.11. The van der Waals surface area contributed by atoms with E-state index in [0.29, 0.717) is 11.3 Å². The Labute approximate surface area is 114 Å². The number of pyridine rings is 1. The van der Waals surface area contributed by atoms with E-state index in [4.69, 9.17) is 0 Å². The molecule has 19 heavy (non-hydrogen) atoms. The van der Waals surface area contributed by atoms with Gasteiger partial charge in [-0.1, -0.05) is 12.1 Å². The first-order chi connectivity index (χ1) is 9.25. The lowest BCUT2D eigenvalue weighted by molar-refractivity contribution is 0.631. The Balaban J connectivity index is 2.06. The van der Waals surface area contributed by atoms with E-state index >= 15 is 0 Å². The average Bonchev–Trinajstić information content (AvgIpc) is 2.89. The molecule has 0 spiro atoms. The Morgan fingerprint density at radius 2 is 1.95 bits per heavy atom. The van der Waals surface area contributed by atoms with Gasteiger partial charge < -0.3 is 0 Å². The van der Waals surface area contributed by atoms with Crippen LogP contribution in [0, 0.1) is 12.7 Å². The number of benzene rings is 1. The first-order valence-corrected chi connectivity index (χ1v) is 6.75. The van der Waals surface area contributed by atoms with Gasteiger partial charge >= 0.3 is 0 Å². The molecule has 3 rings (SSSR count). The third kappa shape index (κ3) is 2.27. The van der Waals surface area contributed by atoms with Gasteiger partial charge in [0.2, 0.25) is 0 Å². The highest BCUT2D eigenvalue weighted by molar-refractivity contribution is 7.13. The van der Waals surface area contributed by atoms with Crippen LogP contribution in [0.4, 0.5) is 4.39 Å². The van der Waals surface area contributed by atoms with E-state index in [0.717, 1.165) is 16.1 Å². The zero-order chi connectivity index (χ0) is 13.2. The van der Waals surface area contributed by atoms with Crippen molar-refractivity contribution in [3.63, 3.8) is 0 Å². The van der Waals surface area contributed by atoms with Gasteiger partial charge in [-0.25, -0.2) is 9.37 Å². The number of hydrogen-bond acceptors (Lipinski definition) is 3. The van der Waals surface area contributed by atoms with Gasteiger partial charge in [-0.05, 0) is 30.7 Å². The Bertz CT molecular complexity index is 661. The van der Waals surface area contributed by atoms with Gasteiger partial charge in [-0.2, -0.15) is 0 Å². The van der Waals surface area contributed by atoms with Crippen molar-refractivity contribution in [3.05, 3.63) is 59.5 Å². The summed E-state index contributed by atoms with van der Waals surface area (Å²) in [5, 5.41) is 2.74. The Morgan fingerprint density at radius 1 is 1.11 bits per heavy atom. The molecule has 0 unspecified atom stereocenters. The van der Waals surface area contributed by atoms with Crippen LogP contribution in [0.1, 0.15) is 5.56 Å². The average molecular weight is 270 g/mol. The molecule has 94 valence electrons. The van der Waals surface area contributed by atoms with Crippen molar-refractivity contribution in [2.24, 2.45) is 0 Å². The number of aryl methyl sites for hydroxylation is 1. The Morgan fingerprint density at radius 3 is 2.74 bits per heavy atom. The number of aromatic nitrogens is 2. The van der Waals surface area contributed by atoms with Crippen molar-refractivity contribution in [2.75, 3.05) is 0 Å². The summed E-state index contributed by atoms with van der Waals surface area (Å²) < 4.78 is 13.7. The summed E-state index contributed by atoms with van der Waals surface area (Å²) in [6.45, 7) is 2.02. The molecule has 4 heteroatoms. The fourth-order valence-corrected chi connectivity index (χ4v) is 2.77. The van der Waals surface area contributed by atoms with Crippen LogP contribution in [0.25, 0.3) is 21.8 Å². The quantitative estimate of drug-likeness (QED) is 0.693. The summed E-state index contributed by atoms with van der Waals surface area (Å²) in [7, 11) is 0. The van der Waals surface area contributed by atoms with Gasteiger partial charge in [-0.15, -0.1) is 11.3 Å². The van der Waals surface area contributed by atoms with E-state index in [-0.39, 0.29) is 5.82 Å². The van der Waals surface area contributed by atoms with Crippen LogP contribution in [-0.4, -0.2) is 9.97 Å². The minimum Gasteiger partial charge on any atom is -0.264 e. The van der Waals surface area contributed by atoms with Gasteiger partial charge in [-0.3, -0.25) is 4.98 Å². The van der Waals surface area contributed by atoms with Crippen molar-refractivity contribution < 1.29 is 4.39 Å². The molecule has 0 fully saturated rings. The molecule has 0 bridgehead atoms. The molecule has 0 atom stereocenters. The molecule has 3 aromatic rings. The smallest absolute Gasteiger partial charge is 0.132 e. The predicted molar refractivity (Wildman–Crippen MR) is 75.5 cm³/mol. The third-order valence-electron chi connectivity index (χ3n) is 2.92. The highest BCUT2D eigenvalue weighted by atomic mass is 32.1. The SMILES string of the molecule is Cc1ccncc1-c1nc(-c2ccccc2F)cs1. The Hall–Kier alpha value is -2.07. The van der Waals surface area contributed by atoms with Crippen LogP contribution < -0.4 is 0 Å². The fourth-order valence-electron chi connectivity index (χ4n) is 1.88. The second-order valence-corrected chi connectivity index (χ2v) is 5.07. The van der Waals surface area contributed by atoms with Crippen molar-refractivity contribution in [1.82, 2.24) is 9.97 Å². The first-order valence-electron chi connectivity index (χ1n) is 5.87. The summed E-state index contributed by atoms with van der Waals surface area (Å²) in [6, 6.07) is 8.62. The maximum atomic E-state index is 13.7. The fraction of sp³-hybridized carbons (Fsp3) is 0.0667. The first kappa shape index (κ1) is 12.0. The standard InChI is InChI=1S/C15H11FN2S/c1-10-6-7-17-8-12(10)15-18-14(9-19-15)11-4-2-3-5-13(11)16/h2-9H,1H3. The van der Waals surface area contributed by atoms with Gasteiger partial charge in [0.15, 0.2) is 0 Å². The zero-order valence-corrected chi connectivity index (χ0v) is 11.1. The van der Waals surface area contributed by atoms with E-state index in [1.54, 1.807) is 24.5 Å². The molecule has 0 aliphatic rings. The summed E-state index contributed by atoms with van der Waals surface area (Å²) in [4.78, 5) is 8.62. The molecule has 0 N–H and O–H groups in total. The van der Waals surface area contributed by atoms with E-state index in [1.165, 1.54) is 17.4 Å². The number of nitrogens with zero attached hydrogens (tertiary/aromatic N) is 2. The molecule has 2 aromatic heterocycles. The predicted octanol–water partition coefficient (Wildman–Crippen LogP) is 4.32. The second-order valence-electron chi connectivity index (χ2n) is 4.21. The van der Waals surface area contributed by atoms with Gasteiger partial charge in [0, 0.05) is 28.9 Å². The number of rotatable bonds is 2. The summed E-state index contributed by atoms with van der Waals surface area (Å²) in [5.74, 6) is -0.248. The largest absolute Gasteiger partial charge is 0.264 e. The van der Waals surface area contributed by atoms with Gasteiger partial charge in [0.1, 0.15) is 10.8 Å². The van der Waals surface area contributed by atoms with E-state index in [9.17, 15) is 4.39 Å². The lowest BCUT2D eigenvalue weighted by atomic mass is 10.1. The van der Waals surface area contributed by atoms with Crippen LogP contribution in [-0.2, 0) is 0 Å². The van der Waals surface area contributed by atoms with Crippen LogP contribution in [0.15, 0.2) is 48.1 Å². The molecule has 1 aromatic carbocycles. The maximum absolute atomic E-state index is 13.7. The van der Waals surface area contributed by atoms with Gasteiger partial charge in [0.25, 0.3) is 0 Å². The van der Waals surface area contributed by atoms with Crippen molar-refractivity contribution in [3.8, 4) is 21.8 Å². The third-order valence-corrected chi connectivity index (χ3v) is 3.80. The van der Waals surface area contributed by atoms with Crippen molar-refractivity contribution >= 4 is 11.3 Å². The van der Waals surface area contributed by atoms with E-state index in [1.807, 2.05) is 24.4 Å². The molecule has 0 aliphatic carbocycles. The van der Waals surface area contributed by atoms with Crippen LogP contribution >= 0.6 is 11.3 Å². The minimum atomic E-state index is -0.248. The summed E-state index contributed by atoms with van der Waals surface area (Å²) >= 11 is 1.50. The number of hydrogen-bond donors (Lipinski definition) is 0. The molecule has 0 radical (unpaired) electrons. The lowest BCUT2D eigenvalue weighted by Crippen LogP contribution is -1.86.